The predicted molar refractivity (Wildman–Crippen MR) is 63.1 cm³/mol. The molecule has 1 rings (SSSR count). The summed E-state index contributed by atoms with van der Waals surface area (Å²) in [5.41, 5.74) is 0.104. The van der Waals surface area contributed by atoms with E-state index in [2.05, 4.69) is 6.92 Å². The number of carbonyl (C=O) groups excluding carboxylic acids is 1. The third-order valence-electron chi connectivity index (χ3n) is 2.51. The van der Waals surface area contributed by atoms with Gasteiger partial charge in [-0.15, -0.1) is 0 Å². The van der Waals surface area contributed by atoms with Crippen molar-refractivity contribution in [3.05, 3.63) is 35.4 Å². The minimum Gasteiger partial charge on any atom is -0.306 e. The van der Waals surface area contributed by atoms with Crippen LogP contribution < -0.4 is 0 Å². The van der Waals surface area contributed by atoms with E-state index in [1.807, 2.05) is 11.9 Å². The number of rotatable bonds is 6. The van der Waals surface area contributed by atoms with E-state index in [-0.39, 0.29) is 17.8 Å². The molecule has 0 amide bonds. The van der Waals surface area contributed by atoms with E-state index in [1.54, 1.807) is 0 Å². The van der Waals surface area contributed by atoms with Crippen LogP contribution in [-0.2, 0) is 0 Å². The fourth-order valence-electron chi connectivity index (χ4n) is 1.65. The average molecular weight is 241 g/mol. The molecule has 0 unspecified atom stereocenters. The van der Waals surface area contributed by atoms with Gasteiger partial charge < -0.3 is 4.90 Å². The van der Waals surface area contributed by atoms with Crippen LogP contribution in [0, 0.1) is 11.6 Å². The summed E-state index contributed by atoms with van der Waals surface area (Å²) in [7, 11) is 1.92. The Kier molecular flexibility index (Phi) is 5.22. The molecule has 0 aliphatic carbocycles. The molecule has 1 aromatic carbocycles. The highest BCUT2D eigenvalue weighted by atomic mass is 19.1. The predicted octanol–water partition coefficient (Wildman–Crippen LogP) is 2.88. The maximum absolute atomic E-state index is 12.9. The number of Topliss-reactive ketones (excluding diaryl/α,β-unsaturated/α-hetero) is 1. The van der Waals surface area contributed by atoms with Gasteiger partial charge in [0.2, 0.25) is 0 Å². The standard InChI is InChI=1S/C13H17F2NO/c1-3-5-16(2)6-4-13(17)10-7-11(14)9-12(15)8-10/h7-9H,3-6H2,1-2H3. The lowest BCUT2D eigenvalue weighted by Gasteiger charge is -2.14. The summed E-state index contributed by atoms with van der Waals surface area (Å²) in [5, 5.41) is 0. The van der Waals surface area contributed by atoms with E-state index >= 15 is 0 Å². The maximum Gasteiger partial charge on any atom is 0.164 e. The van der Waals surface area contributed by atoms with Crippen molar-refractivity contribution < 1.29 is 13.6 Å². The summed E-state index contributed by atoms with van der Waals surface area (Å²) in [4.78, 5) is 13.7. The molecule has 0 spiro atoms. The molecule has 0 heterocycles. The highest BCUT2D eigenvalue weighted by Crippen LogP contribution is 2.10. The highest BCUT2D eigenvalue weighted by molar-refractivity contribution is 5.96. The summed E-state index contributed by atoms with van der Waals surface area (Å²) >= 11 is 0. The summed E-state index contributed by atoms with van der Waals surface area (Å²) in [6.07, 6.45) is 1.29. The zero-order valence-corrected chi connectivity index (χ0v) is 10.2. The normalized spacial score (nSPS) is 10.9. The van der Waals surface area contributed by atoms with Crippen LogP contribution in [0.4, 0.5) is 8.78 Å². The monoisotopic (exact) mass is 241 g/mol. The Morgan fingerprint density at radius 2 is 1.76 bits per heavy atom. The van der Waals surface area contributed by atoms with Crippen molar-refractivity contribution in [3.63, 3.8) is 0 Å². The molecule has 0 aliphatic heterocycles. The lowest BCUT2D eigenvalue weighted by Crippen LogP contribution is -2.22. The van der Waals surface area contributed by atoms with Crippen molar-refractivity contribution in [2.24, 2.45) is 0 Å². The van der Waals surface area contributed by atoms with Gasteiger partial charge >= 0.3 is 0 Å². The molecule has 0 N–H and O–H groups in total. The van der Waals surface area contributed by atoms with Crippen molar-refractivity contribution in [1.29, 1.82) is 0 Å². The molecule has 2 nitrogen and oxygen atoms in total. The van der Waals surface area contributed by atoms with Gasteiger partial charge in [-0.1, -0.05) is 6.92 Å². The van der Waals surface area contributed by atoms with Gasteiger partial charge in [-0.25, -0.2) is 8.78 Å². The molecule has 17 heavy (non-hydrogen) atoms. The quantitative estimate of drug-likeness (QED) is 0.714. The summed E-state index contributed by atoms with van der Waals surface area (Å²) in [6, 6.07) is 2.91. The summed E-state index contributed by atoms with van der Waals surface area (Å²) < 4.78 is 25.8. The SMILES string of the molecule is CCCN(C)CCC(=O)c1cc(F)cc(F)c1. The van der Waals surface area contributed by atoms with E-state index in [0.717, 1.165) is 31.2 Å². The highest BCUT2D eigenvalue weighted by Gasteiger charge is 2.10. The largest absolute Gasteiger partial charge is 0.306 e. The van der Waals surface area contributed by atoms with E-state index in [0.29, 0.717) is 6.54 Å². The Bertz CT molecular complexity index is 373. The van der Waals surface area contributed by atoms with Gasteiger partial charge in [-0.2, -0.15) is 0 Å². The number of ketones is 1. The van der Waals surface area contributed by atoms with E-state index < -0.39 is 11.6 Å². The van der Waals surface area contributed by atoms with Crippen LogP contribution in [-0.4, -0.2) is 30.8 Å². The van der Waals surface area contributed by atoms with Crippen molar-refractivity contribution in [3.8, 4) is 0 Å². The first-order chi connectivity index (χ1) is 8.02. The number of hydrogen-bond donors (Lipinski definition) is 0. The molecule has 0 saturated heterocycles. The van der Waals surface area contributed by atoms with Gasteiger partial charge in [0.15, 0.2) is 5.78 Å². The molecule has 94 valence electrons. The Morgan fingerprint density at radius 3 is 2.29 bits per heavy atom. The molecular formula is C13H17F2NO. The first kappa shape index (κ1) is 13.8. The fraction of sp³-hybridized carbons (Fsp3) is 0.462. The fourth-order valence-corrected chi connectivity index (χ4v) is 1.65. The number of halogens is 2. The second kappa shape index (κ2) is 6.45. The van der Waals surface area contributed by atoms with E-state index in [4.69, 9.17) is 0 Å². The Labute approximate surface area is 100 Å². The lowest BCUT2D eigenvalue weighted by molar-refractivity contribution is 0.0968. The minimum atomic E-state index is -0.713. The molecule has 0 radical (unpaired) electrons. The van der Waals surface area contributed by atoms with E-state index in [1.165, 1.54) is 0 Å². The first-order valence-electron chi connectivity index (χ1n) is 5.70. The van der Waals surface area contributed by atoms with Crippen molar-refractivity contribution in [2.75, 3.05) is 20.1 Å². The maximum atomic E-state index is 12.9. The van der Waals surface area contributed by atoms with Gasteiger partial charge in [0.1, 0.15) is 11.6 Å². The Morgan fingerprint density at radius 1 is 1.18 bits per heavy atom. The van der Waals surface area contributed by atoms with Gasteiger partial charge in [0, 0.05) is 24.6 Å². The van der Waals surface area contributed by atoms with Crippen LogP contribution in [0.1, 0.15) is 30.1 Å². The van der Waals surface area contributed by atoms with E-state index in [9.17, 15) is 13.6 Å². The second-order valence-electron chi connectivity index (χ2n) is 4.13. The first-order valence-corrected chi connectivity index (χ1v) is 5.70. The molecule has 0 atom stereocenters. The topological polar surface area (TPSA) is 20.3 Å². The molecule has 0 bridgehead atoms. The van der Waals surface area contributed by atoms with Gasteiger partial charge in [0.25, 0.3) is 0 Å². The zero-order valence-electron chi connectivity index (χ0n) is 10.2. The average Bonchev–Trinajstić information content (AvgIpc) is 2.25. The third kappa shape index (κ3) is 4.61. The van der Waals surface area contributed by atoms with Crippen LogP contribution >= 0.6 is 0 Å². The minimum absolute atomic E-state index is 0.104. The van der Waals surface area contributed by atoms with Crippen LogP contribution in [0.5, 0.6) is 0 Å². The van der Waals surface area contributed by atoms with Crippen LogP contribution in [0.25, 0.3) is 0 Å². The van der Waals surface area contributed by atoms with Crippen LogP contribution in [0.2, 0.25) is 0 Å². The molecule has 1 aromatic rings. The third-order valence-corrected chi connectivity index (χ3v) is 2.51. The zero-order chi connectivity index (χ0) is 12.8. The molecule has 4 heteroatoms. The second-order valence-corrected chi connectivity index (χ2v) is 4.13. The molecular weight excluding hydrogens is 224 g/mol. The summed E-state index contributed by atoms with van der Waals surface area (Å²) in [6.45, 7) is 3.57. The van der Waals surface area contributed by atoms with Gasteiger partial charge in [-0.3, -0.25) is 4.79 Å². The number of benzene rings is 1. The lowest BCUT2D eigenvalue weighted by atomic mass is 10.1. The summed E-state index contributed by atoms with van der Waals surface area (Å²) in [5.74, 6) is -1.66. The van der Waals surface area contributed by atoms with Gasteiger partial charge in [0.05, 0.1) is 0 Å². The van der Waals surface area contributed by atoms with Crippen LogP contribution in [0.15, 0.2) is 18.2 Å². The molecule has 0 aromatic heterocycles. The number of carbonyl (C=O) groups is 1. The number of nitrogens with zero attached hydrogens (tertiary/aromatic N) is 1. The van der Waals surface area contributed by atoms with Crippen molar-refractivity contribution in [1.82, 2.24) is 4.90 Å². The molecule has 0 saturated carbocycles. The smallest absolute Gasteiger partial charge is 0.164 e. The van der Waals surface area contributed by atoms with Crippen molar-refractivity contribution >= 4 is 5.78 Å². The Balaban J connectivity index is 2.58. The number of hydrogen-bond acceptors (Lipinski definition) is 2. The molecule has 0 fully saturated rings. The van der Waals surface area contributed by atoms with Crippen molar-refractivity contribution in [2.45, 2.75) is 19.8 Å². The Hall–Kier alpha value is -1.29. The van der Waals surface area contributed by atoms with Gasteiger partial charge in [-0.05, 0) is 32.1 Å². The molecule has 0 aliphatic rings. The van der Waals surface area contributed by atoms with Crippen LogP contribution in [0.3, 0.4) is 0 Å².